The fourth-order valence-electron chi connectivity index (χ4n) is 2.45. The molecular formula is C13H24N2O4. The van der Waals surface area contributed by atoms with E-state index in [0.29, 0.717) is 26.1 Å². The number of rotatable bonds is 4. The summed E-state index contributed by atoms with van der Waals surface area (Å²) in [5.41, 5.74) is 0. The third kappa shape index (κ3) is 3.83. The molecule has 0 aromatic carbocycles. The molecule has 0 aliphatic carbocycles. The largest absolute Gasteiger partial charge is 0.481 e. The number of amides is 2. The van der Waals surface area contributed by atoms with Crippen molar-refractivity contribution in [2.24, 2.45) is 11.8 Å². The summed E-state index contributed by atoms with van der Waals surface area (Å²) in [5.74, 6) is -1.12. The Labute approximate surface area is 114 Å². The summed E-state index contributed by atoms with van der Waals surface area (Å²) in [6, 6.07) is -0.0507. The lowest BCUT2D eigenvalue weighted by Gasteiger charge is -2.38. The van der Waals surface area contributed by atoms with Gasteiger partial charge in [0.15, 0.2) is 0 Å². The summed E-state index contributed by atoms with van der Waals surface area (Å²) in [7, 11) is 3.36. The highest BCUT2D eigenvalue weighted by molar-refractivity contribution is 5.75. The van der Waals surface area contributed by atoms with E-state index in [9.17, 15) is 9.59 Å². The number of hydrogen-bond donors (Lipinski definition) is 1. The monoisotopic (exact) mass is 272 g/mol. The molecule has 3 atom stereocenters. The summed E-state index contributed by atoms with van der Waals surface area (Å²) >= 11 is 0. The van der Waals surface area contributed by atoms with Crippen LogP contribution in [0.4, 0.5) is 4.79 Å². The molecule has 1 N–H and O–H groups in total. The molecule has 6 heteroatoms. The summed E-state index contributed by atoms with van der Waals surface area (Å²) in [6.07, 6.45) is 0.523. The number of carboxylic acid groups (broad SMARTS) is 1. The zero-order chi connectivity index (χ0) is 14.6. The zero-order valence-corrected chi connectivity index (χ0v) is 12.1. The molecule has 2 amide bonds. The molecule has 3 unspecified atom stereocenters. The second-order valence-corrected chi connectivity index (χ2v) is 5.35. The van der Waals surface area contributed by atoms with Crippen LogP contribution in [0.2, 0.25) is 0 Å². The molecule has 0 aromatic heterocycles. The second kappa shape index (κ2) is 6.75. The Hall–Kier alpha value is -1.30. The SMILES string of the molecule is COCC(C)N(C)C(=O)N1CCC(C(=O)O)C(C)C1. The number of aliphatic carboxylic acids is 1. The van der Waals surface area contributed by atoms with E-state index in [2.05, 4.69) is 0 Å². The highest BCUT2D eigenvalue weighted by Crippen LogP contribution is 2.24. The van der Waals surface area contributed by atoms with Crippen LogP contribution in [0.15, 0.2) is 0 Å². The summed E-state index contributed by atoms with van der Waals surface area (Å²) < 4.78 is 5.04. The molecule has 1 heterocycles. The van der Waals surface area contributed by atoms with Crippen LogP contribution in [0.3, 0.4) is 0 Å². The van der Waals surface area contributed by atoms with Gasteiger partial charge in [-0.25, -0.2) is 4.79 Å². The maximum absolute atomic E-state index is 12.3. The van der Waals surface area contributed by atoms with Crippen LogP contribution in [0.1, 0.15) is 20.3 Å². The lowest BCUT2D eigenvalue weighted by Crippen LogP contribution is -2.51. The van der Waals surface area contributed by atoms with Gasteiger partial charge in [-0.1, -0.05) is 6.92 Å². The van der Waals surface area contributed by atoms with Gasteiger partial charge < -0.3 is 19.6 Å². The predicted octanol–water partition coefficient (Wildman–Crippen LogP) is 1.12. The van der Waals surface area contributed by atoms with Crippen LogP contribution in [0, 0.1) is 11.8 Å². The molecule has 1 saturated heterocycles. The molecule has 110 valence electrons. The minimum absolute atomic E-state index is 0.00463. The number of carbonyl (C=O) groups is 2. The summed E-state index contributed by atoms with van der Waals surface area (Å²) in [5, 5.41) is 9.07. The van der Waals surface area contributed by atoms with Crippen LogP contribution < -0.4 is 0 Å². The van der Waals surface area contributed by atoms with E-state index >= 15 is 0 Å². The maximum Gasteiger partial charge on any atom is 0.320 e. The Kier molecular flexibility index (Phi) is 5.60. The highest BCUT2D eigenvalue weighted by Gasteiger charge is 2.34. The Morgan fingerprint density at radius 1 is 1.53 bits per heavy atom. The molecule has 1 fully saturated rings. The van der Waals surface area contributed by atoms with E-state index in [-0.39, 0.29) is 23.9 Å². The fraction of sp³-hybridized carbons (Fsp3) is 0.846. The smallest absolute Gasteiger partial charge is 0.320 e. The van der Waals surface area contributed by atoms with E-state index in [0.717, 1.165) is 0 Å². The van der Waals surface area contributed by atoms with E-state index < -0.39 is 5.97 Å². The van der Waals surface area contributed by atoms with Crippen molar-refractivity contribution in [2.75, 3.05) is 33.9 Å². The number of urea groups is 1. The Balaban J connectivity index is 2.58. The van der Waals surface area contributed by atoms with Gasteiger partial charge >= 0.3 is 12.0 Å². The van der Waals surface area contributed by atoms with Crippen molar-refractivity contribution in [3.63, 3.8) is 0 Å². The van der Waals surface area contributed by atoms with Crippen molar-refractivity contribution in [3.8, 4) is 0 Å². The number of carbonyl (C=O) groups excluding carboxylic acids is 1. The molecule has 0 radical (unpaired) electrons. The van der Waals surface area contributed by atoms with Crippen molar-refractivity contribution < 1.29 is 19.4 Å². The first-order valence-corrected chi connectivity index (χ1v) is 6.62. The average Bonchev–Trinajstić information content (AvgIpc) is 2.36. The van der Waals surface area contributed by atoms with Gasteiger partial charge in [-0.3, -0.25) is 4.79 Å². The van der Waals surface area contributed by atoms with Gasteiger partial charge in [0, 0.05) is 27.2 Å². The minimum atomic E-state index is -0.763. The maximum atomic E-state index is 12.3. The van der Waals surface area contributed by atoms with Crippen molar-refractivity contribution in [3.05, 3.63) is 0 Å². The number of hydrogen-bond acceptors (Lipinski definition) is 3. The average molecular weight is 272 g/mol. The van der Waals surface area contributed by atoms with Gasteiger partial charge in [0.25, 0.3) is 0 Å². The number of ether oxygens (including phenoxy) is 1. The van der Waals surface area contributed by atoms with E-state index in [1.807, 2.05) is 13.8 Å². The molecule has 0 spiro atoms. The van der Waals surface area contributed by atoms with Crippen LogP contribution >= 0.6 is 0 Å². The molecule has 1 aliphatic rings. The normalized spacial score (nSPS) is 24.9. The first-order chi connectivity index (χ1) is 8.88. The molecule has 1 rings (SSSR count). The minimum Gasteiger partial charge on any atom is -0.481 e. The van der Waals surface area contributed by atoms with Crippen LogP contribution in [-0.4, -0.2) is 66.8 Å². The van der Waals surface area contributed by atoms with Crippen molar-refractivity contribution in [2.45, 2.75) is 26.3 Å². The van der Waals surface area contributed by atoms with E-state index in [1.54, 1.807) is 24.0 Å². The zero-order valence-electron chi connectivity index (χ0n) is 12.1. The Morgan fingerprint density at radius 2 is 2.16 bits per heavy atom. The van der Waals surface area contributed by atoms with Crippen LogP contribution in [-0.2, 0) is 9.53 Å². The summed E-state index contributed by atoms with van der Waals surface area (Å²) in [6.45, 7) is 5.30. The molecule has 19 heavy (non-hydrogen) atoms. The molecule has 1 aliphatic heterocycles. The number of methoxy groups -OCH3 is 1. The number of piperidine rings is 1. The lowest BCUT2D eigenvalue weighted by atomic mass is 9.87. The molecule has 0 aromatic rings. The quantitative estimate of drug-likeness (QED) is 0.832. The summed E-state index contributed by atoms with van der Waals surface area (Å²) in [4.78, 5) is 26.7. The van der Waals surface area contributed by atoms with E-state index in [1.165, 1.54) is 0 Å². The number of likely N-dealkylation sites (tertiary alicyclic amines) is 1. The van der Waals surface area contributed by atoms with Crippen molar-refractivity contribution in [1.29, 1.82) is 0 Å². The molecule has 0 bridgehead atoms. The molecule has 6 nitrogen and oxygen atoms in total. The third-order valence-electron chi connectivity index (χ3n) is 3.86. The van der Waals surface area contributed by atoms with Gasteiger partial charge in [0.2, 0.25) is 0 Å². The van der Waals surface area contributed by atoms with Crippen molar-refractivity contribution in [1.82, 2.24) is 9.80 Å². The number of carboxylic acids is 1. The number of nitrogens with zero attached hydrogens (tertiary/aromatic N) is 2. The first-order valence-electron chi connectivity index (χ1n) is 6.62. The van der Waals surface area contributed by atoms with Crippen LogP contribution in [0.25, 0.3) is 0 Å². The van der Waals surface area contributed by atoms with Crippen LogP contribution in [0.5, 0.6) is 0 Å². The van der Waals surface area contributed by atoms with E-state index in [4.69, 9.17) is 9.84 Å². The van der Waals surface area contributed by atoms with Gasteiger partial charge in [-0.05, 0) is 19.3 Å². The highest BCUT2D eigenvalue weighted by atomic mass is 16.5. The Morgan fingerprint density at radius 3 is 2.63 bits per heavy atom. The first kappa shape index (κ1) is 15.8. The molecular weight excluding hydrogens is 248 g/mol. The molecule has 0 saturated carbocycles. The standard InChI is InChI=1S/C13H24N2O4/c1-9-7-15(6-5-11(9)12(16)17)13(18)14(3)10(2)8-19-4/h9-11H,5-8H2,1-4H3,(H,16,17). The topological polar surface area (TPSA) is 70.1 Å². The second-order valence-electron chi connectivity index (χ2n) is 5.35. The predicted molar refractivity (Wildman–Crippen MR) is 71.0 cm³/mol. The Bertz CT molecular complexity index is 335. The third-order valence-corrected chi connectivity index (χ3v) is 3.86. The van der Waals surface area contributed by atoms with Gasteiger partial charge in [0.05, 0.1) is 18.6 Å². The number of likely N-dealkylation sites (N-methyl/N-ethyl adjacent to an activating group) is 1. The van der Waals surface area contributed by atoms with Gasteiger partial charge in [-0.15, -0.1) is 0 Å². The van der Waals surface area contributed by atoms with Crippen molar-refractivity contribution >= 4 is 12.0 Å². The fourth-order valence-corrected chi connectivity index (χ4v) is 2.45. The van der Waals surface area contributed by atoms with Gasteiger partial charge in [0.1, 0.15) is 0 Å². The lowest BCUT2D eigenvalue weighted by molar-refractivity contribution is -0.145. The van der Waals surface area contributed by atoms with Gasteiger partial charge in [-0.2, -0.15) is 0 Å².